The molecule has 2 rings (SSSR count). The van der Waals surface area contributed by atoms with Crippen LogP contribution in [0.25, 0.3) is 0 Å². The van der Waals surface area contributed by atoms with Crippen molar-refractivity contribution in [3.05, 3.63) is 29.8 Å². The van der Waals surface area contributed by atoms with Gasteiger partial charge in [0, 0.05) is 0 Å². The van der Waals surface area contributed by atoms with Gasteiger partial charge in [-0.1, -0.05) is 12.1 Å². The highest BCUT2D eigenvalue weighted by Gasteiger charge is 2.35. The van der Waals surface area contributed by atoms with Crippen molar-refractivity contribution in [2.75, 3.05) is 12.4 Å². The molecule has 1 unspecified atom stereocenters. The van der Waals surface area contributed by atoms with Crippen LogP contribution in [-0.4, -0.2) is 39.9 Å². The highest BCUT2D eigenvalue weighted by Crippen LogP contribution is 2.25. The first-order valence-corrected chi connectivity index (χ1v) is 7.68. The molecule has 0 aliphatic carbocycles. The second kappa shape index (κ2) is 6.13. The van der Waals surface area contributed by atoms with Crippen LogP contribution in [0.4, 0.5) is 0 Å². The lowest BCUT2D eigenvalue weighted by Crippen LogP contribution is -2.26. The van der Waals surface area contributed by atoms with Gasteiger partial charge in [0.1, 0.15) is 11.9 Å². The minimum atomic E-state index is -1.18. The predicted octanol–water partition coefficient (Wildman–Crippen LogP) is 1.57. The largest absolute Gasteiger partial charge is 0.611 e. The maximum Gasteiger partial charge on any atom is 0.307 e. The summed E-state index contributed by atoms with van der Waals surface area (Å²) in [7, 11) is 0. The Morgan fingerprint density at radius 1 is 1.45 bits per heavy atom. The molecule has 110 valence electrons. The van der Waals surface area contributed by atoms with E-state index >= 15 is 0 Å². The van der Waals surface area contributed by atoms with E-state index in [1.165, 1.54) is 0 Å². The van der Waals surface area contributed by atoms with Gasteiger partial charge in [0.15, 0.2) is 10.7 Å². The summed E-state index contributed by atoms with van der Waals surface area (Å²) in [4.78, 5) is 11.3. The standard InChI is InChI=1S/C14H18O5S/c1-14(2)18-8-11(19-14)9-20(17)12-5-3-10(4-6-12)7-13(15)16/h3-6,11H,7-9H2,1-2H3,(H,15,16)/t11?,20-/m1/s1. The third-order valence-electron chi connectivity index (χ3n) is 2.95. The lowest BCUT2D eigenvalue weighted by molar-refractivity contribution is -0.136. The first-order valence-electron chi connectivity index (χ1n) is 6.36. The summed E-state index contributed by atoms with van der Waals surface area (Å²) in [6, 6.07) is 6.79. The molecule has 20 heavy (non-hydrogen) atoms. The van der Waals surface area contributed by atoms with Gasteiger partial charge in [-0.05, 0) is 42.7 Å². The molecule has 1 fully saturated rings. The van der Waals surface area contributed by atoms with Crippen LogP contribution in [0.15, 0.2) is 29.2 Å². The molecule has 1 aromatic carbocycles. The quantitative estimate of drug-likeness (QED) is 0.835. The van der Waals surface area contributed by atoms with E-state index in [-0.39, 0.29) is 12.5 Å². The Kier molecular flexibility index (Phi) is 4.70. The van der Waals surface area contributed by atoms with Crippen LogP contribution in [-0.2, 0) is 31.9 Å². The van der Waals surface area contributed by atoms with Gasteiger partial charge in [-0.15, -0.1) is 0 Å². The molecule has 0 amide bonds. The average molecular weight is 298 g/mol. The van der Waals surface area contributed by atoms with E-state index in [1.807, 2.05) is 13.8 Å². The molecule has 0 saturated carbocycles. The van der Waals surface area contributed by atoms with E-state index in [0.29, 0.717) is 22.8 Å². The number of ether oxygens (including phenoxy) is 2. The van der Waals surface area contributed by atoms with Gasteiger partial charge in [0.2, 0.25) is 0 Å². The van der Waals surface area contributed by atoms with Crippen LogP contribution in [0.5, 0.6) is 0 Å². The molecule has 6 heteroatoms. The van der Waals surface area contributed by atoms with Crippen molar-refractivity contribution in [1.29, 1.82) is 0 Å². The van der Waals surface area contributed by atoms with Gasteiger partial charge in [0.25, 0.3) is 0 Å². The predicted molar refractivity (Wildman–Crippen MR) is 74.0 cm³/mol. The number of hydrogen-bond donors (Lipinski definition) is 1. The fourth-order valence-corrected chi connectivity index (χ4v) is 3.18. The van der Waals surface area contributed by atoms with Crippen molar-refractivity contribution in [3.63, 3.8) is 0 Å². The normalized spacial score (nSPS) is 22.6. The first-order chi connectivity index (χ1) is 9.35. The number of carboxylic acids is 1. The van der Waals surface area contributed by atoms with Crippen LogP contribution in [0.2, 0.25) is 0 Å². The molecule has 0 bridgehead atoms. The third-order valence-corrected chi connectivity index (χ3v) is 4.42. The fourth-order valence-electron chi connectivity index (χ4n) is 2.04. The molecule has 2 atom stereocenters. The second-order valence-corrected chi connectivity index (χ2v) is 6.67. The Morgan fingerprint density at radius 3 is 2.60 bits per heavy atom. The van der Waals surface area contributed by atoms with Crippen molar-refractivity contribution >= 4 is 17.1 Å². The van der Waals surface area contributed by atoms with Gasteiger partial charge >= 0.3 is 5.97 Å². The minimum absolute atomic E-state index is 0.0271. The molecule has 5 nitrogen and oxygen atoms in total. The highest BCUT2D eigenvalue weighted by molar-refractivity contribution is 7.91. The lowest BCUT2D eigenvalue weighted by Gasteiger charge is -2.18. The number of carboxylic acid groups (broad SMARTS) is 1. The van der Waals surface area contributed by atoms with E-state index in [9.17, 15) is 9.35 Å². The average Bonchev–Trinajstić information content (AvgIpc) is 2.68. The van der Waals surface area contributed by atoms with Crippen LogP contribution in [0.3, 0.4) is 0 Å². The van der Waals surface area contributed by atoms with Gasteiger partial charge in [-0.25, -0.2) is 0 Å². The molecule has 1 aromatic rings. The van der Waals surface area contributed by atoms with Crippen LogP contribution in [0.1, 0.15) is 19.4 Å². The summed E-state index contributed by atoms with van der Waals surface area (Å²) in [6.07, 6.45) is -0.203. The summed E-state index contributed by atoms with van der Waals surface area (Å²) in [5, 5.41) is 8.69. The number of hydrogen-bond acceptors (Lipinski definition) is 4. The number of rotatable bonds is 5. The Hall–Kier alpha value is -1.08. The summed E-state index contributed by atoms with van der Waals surface area (Å²) < 4.78 is 23.3. The molecule has 1 saturated heterocycles. The minimum Gasteiger partial charge on any atom is -0.611 e. The SMILES string of the molecule is CC1(C)OCC(C[S@@+]([O-])c2ccc(CC(=O)O)cc2)O1. The molecular formula is C14H18O5S. The molecule has 1 aliphatic rings. The maximum absolute atomic E-state index is 12.2. The van der Waals surface area contributed by atoms with Crippen molar-refractivity contribution in [1.82, 2.24) is 0 Å². The zero-order valence-electron chi connectivity index (χ0n) is 11.5. The van der Waals surface area contributed by atoms with Crippen LogP contribution in [0, 0.1) is 0 Å². The molecule has 0 spiro atoms. The van der Waals surface area contributed by atoms with Crippen LogP contribution >= 0.6 is 0 Å². The van der Waals surface area contributed by atoms with E-state index in [0.717, 1.165) is 0 Å². The summed E-state index contributed by atoms with van der Waals surface area (Å²) in [6.45, 7) is 4.10. The van der Waals surface area contributed by atoms with Gasteiger partial charge in [-0.3, -0.25) is 4.79 Å². The van der Waals surface area contributed by atoms with Gasteiger partial charge in [0.05, 0.1) is 13.0 Å². The van der Waals surface area contributed by atoms with E-state index < -0.39 is 22.9 Å². The highest BCUT2D eigenvalue weighted by atomic mass is 32.2. The lowest BCUT2D eigenvalue weighted by atomic mass is 10.2. The zero-order chi connectivity index (χ0) is 14.8. The van der Waals surface area contributed by atoms with Crippen molar-refractivity contribution in [2.24, 2.45) is 0 Å². The van der Waals surface area contributed by atoms with Crippen molar-refractivity contribution in [3.8, 4) is 0 Å². The molecule has 1 heterocycles. The third kappa shape index (κ3) is 4.21. The zero-order valence-corrected chi connectivity index (χ0v) is 12.3. The molecule has 0 radical (unpaired) electrons. The van der Waals surface area contributed by atoms with Gasteiger partial charge < -0.3 is 19.1 Å². The molecule has 0 aromatic heterocycles. The summed E-state index contributed by atoms with van der Waals surface area (Å²) in [5.74, 6) is -1.11. The number of benzene rings is 1. The monoisotopic (exact) mass is 298 g/mol. The number of aliphatic carboxylic acids is 1. The Morgan fingerprint density at radius 2 is 2.10 bits per heavy atom. The van der Waals surface area contributed by atoms with E-state index in [1.54, 1.807) is 24.3 Å². The van der Waals surface area contributed by atoms with Crippen molar-refractivity contribution < 1.29 is 23.9 Å². The van der Waals surface area contributed by atoms with E-state index in [4.69, 9.17) is 14.6 Å². The Bertz CT molecular complexity index is 471. The topological polar surface area (TPSA) is 78.8 Å². The van der Waals surface area contributed by atoms with Gasteiger partial charge in [-0.2, -0.15) is 0 Å². The fraction of sp³-hybridized carbons (Fsp3) is 0.500. The molecule has 1 aliphatic heterocycles. The second-order valence-electron chi connectivity index (χ2n) is 5.18. The maximum atomic E-state index is 12.2. The number of carbonyl (C=O) groups is 1. The Balaban J connectivity index is 1.92. The Labute approximate surface area is 121 Å². The smallest absolute Gasteiger partial charge is 0.307 e. The summed E-state index contributed by atoms with van der Waals surface area (Å²) in [5.41, 5.74) is 0.694. The molecular weight excluding hydrogens is 280 g/mol. The summed E-state index contributed by atoms with van der Waals surface area (Å²) >= 11 is -1.18. The van der Waals surface area contributed by atoms with Crippen LogP contribution < -0.4 is 0 Å². The molecule has 1 N–H and O–H groups in total. The first kappa shape index (κ1) is 15.3. The van der Waals surface area contributed by atoms with E-state index in [2.05, 4.69) is 0 Å². The van der Waals surface area contributed by atoms with Crippen molar-refractivity contribution in [2.45, 2.75) is 37.1 Å².